The van der Waals surface area contributed by atoms with Crippen LogP contribution in [0, 0.1) is 0 Å². The number of benzene rings is 2. The summed E-state index contributed by atoms with van der Waals surface area (Å²) in [5, 5.41) is 0.793. The summed E-state index contributed by atoms with van der Waals surface area (Å²) in [6, 6.07) is 12.9. The lowest BCUT2D eigenvalue weighted by atomic mass is 10.0. The number of imide groups is 1. The van der Waals surface area contributed by atoms with Crippen molar-refractivity contribution in [1.82, 2.24) is 14.9 Å². The highest BCUT2D eigenvalue weighted by atomic mass is 19.4. The number of ether oxygens (including phenoxy) is 2. The van der Waals surface area contributed by atoms with E-state index in [9.17, 15) is 22.8 Å². The Morgan fingerprint density at radius 2 is 1.73 bits per heavy atom. The number of fused-ring (bicyclic) bond motifs is 1. The average molecular weight is 552 g/mol. The highest BCUT2D eigenvalue weighted by molar-refractivity contribution is 6.27. The summed E-state index contributed by atoms with van der Waals surface area (Å²) >= 11 is 0. The van der Waals surface area contributed by atoms with Gasteiger partial charge in [-0.2, -0.15) is 13.2 Å². The number of carbonyl (C=O) groups excluding carboxylic acids is 2. The third-order valence-corrected chi connectivity index (χ3v) is 6.92. The van der Waals surface area contributed by atoms with Gasteiger partial charge in [-0.25, -0.2) is 14.7 Å². The maximum absolute atomic E-state index is 14.0. The molecule has 3 amide bonds. The van der Waals surface area contributed by atoms with Gasteiger partial charge in [-0.05, 0) is 54.1 Å². The van der Waals surface area contributed by atoms with Crippen LogP contribution in [0.5, 0.6) is 11.5 Å². The number of nitrogens with one attached hydrogen (secondary N) is 1. The summed E-state index contributed by atoms with van der Waals surface area (Å²) in [6.45, 7) is 1.74. The van der Waals surface area contributed by atoms with E-state index in [0.29, 0.717) is 43.4 Å². The van der Waals surface area contributed by atoms with Crippen LogP contribution in [0.4, 0.5) is 29.3 Å². The molecule has 206 valence electrons. The molecule has 2 aromatic carbocycles. The zero-order chi connectivity index (χ0) is 27.9. The predicted molar refractivity (Wildman–Crippen MR) is 140 cm³/mol. The SMILES string of the molecule is O=C1CN(c2ccc(CN3CCOCC3)c(C(F)(F)F)c2)C(=O)N1c1ccc(Oc2ccnc3[nH]ccc23)cc1. The third kappa shape index (κ3) is 4.98. The molecule has 0 bridgehead atoms. The number of H-pyrrole nitrogens is 1. The molecule has 2 fully saturated rings. The first-order valence-corrected chi connectivity index (χ1v) is 12.6. The van der Waals surface area contributed by atoms with Crippen LogP contribution in [0.1, 0.15) is 11.1 Å². The summed E-state index contributed by atoms with van der Waals surface area (Å²) in [4.78, 5) is 37.2. The van der Waals surface area contributed by atoms with E-state index in [2.05, 4.69) is 9.97 Å². The van der Waals surface area contributed by atoms with Crippen LogP contribution >= 0.6 is 0 Å². The van der Waals surface area contributed by atoms with Crippen molar-refractivity contribution in [2.45, 2.75) is 12.7 Å². The van der Waals surface area contributed by atoms with Crippen LogP contribution in [0.15, 0.2) is 67.0 Å². The van der Waals surface area contributed by atoms with E-state index < -0.39 is 23.7 Å². The van der Waals surface area contributed by atoms with Crippen LogP contribution in [-0.2, 0) is 22.3 Å². The zero-order valence-electron chi connectivity index (χ0n) is 21.1. The fourth-order valence-corrected chi connectivity index (χ4v) is 4.91. The summed E-state index contributed by atoms with van der Waals surface area (Å²) in [6.07, 6.45) is -1.27. The van der Waals surface area contributed by atoms with Gasteiger partial charge in [0, 0.05) is 37.7 Å². The van der Waals surface area contributed by atoms with Crippen LogP contribution in [-0.4, -0.2) is 59.7 Å². The summed E-state index contributed by atoms with van der Waals surface area (Å²) in [5.74, 6) is 0.503. The number of carbonyl (C=O) groups is 2. The van der Waals surface area contributed by atoms with Crippen LogP contribution < -0.4 is 14.5 Å². The molecule has 2 aliphatic rings. The van der Waals surface area contributed by atoms with Gasteiger partial charge < -0.3 is 14.5 Å². The molecule has 40 heavy (non-hydrogen) atoms. The quantitative estimate of drug-likeness (QED) is 0.332. The van der Waals surface area contributed by atoms with Gasteiger partial charge in [0.2, 0.25) is 0 Å². The Hall–Kier alpha value is -4.42. The average Bonchev–Trinajstić information content (AvgIpc) is 3.54. The second-order valence-corrected chi connectivity index (χ2v) is 9.47. The second-order valence-electron chi connectivity index (χ2n) is 9.47. The summed E-state index contributed by atoms with van der Waals surface area (Å²) < 4.78 is 53.2. The van der Waals surface area contributed by atoms with E-state index in [1.165, 1.54) is 12.1 Å². The number of morpholine rings is 1. The Kier molecular flexibility index (Phi) is 6.64. The fourth-order valence-electron chi connectivity index (χ4n) is 4.91. The Morgan fingerprint density at radius 3 is 2.48 bits per heavy atom. The highest BCUT2D eigenvalue weighted by Crippen LogP contribution is 2.37. The number of urea groups is 1. The van der Waals surface area contributed by atoms with Gasteiger partial charge in [0.25, 0.3) is 5.91 Å². The monoisotopic (exact) mass is 551 g/mol. The topological polar surface area (TPSA) is 91.0 Å². The number of amides is 3. The molecular weight excluding hydrogens is 527 g/mol. The van der Waals surface area contributed by atoms with E-state index in [1.807, 2.05) is 11.0 Å². The van der Waals surface area contributed by atoms with Crippen LogP contribution in [0.25, 0.3) is 11.0 Å². The van der Waals surface area contributed by atoms with E-state index in [1.54, 1.807) is 42.7 Å². The molecule has 4 aromatic rings. The highest BCUT2D eigenvalue weighted by Gasteiger charge is 2.40. The predicted octanol–water partition coefficient (Wildman–Crippen LogP) is 5.18. The molecule has 2 aliphatic heterocycles. The molecule has 2 aromatic heterocycles. The van der Waals surface area contributed by atoms with Crippen LogP contribution in [0.2, 0.25) is 0 Å². The number of anilines is 2. The van der Waals surface area contributed by atoms with Crippen LogP contribution in [0.3, 0.4) is 0 Å². The smallest absolute Gasteiger partial charge is 0.416 e. The molecule has 12 heteroatoms. The second kappa shape index (κ2) is 10.3. The molecule has 2 saturated heterocycles. The minimum absolute atomic E-state index is 0.00654. The zero-order valence-corrected chi connectivity index (χ0v) is 21.1. The molecule has 6 rings (SSSR count). The van der Waals surface area contributed by atoms with Gasteiger partial charge in [-0.15, -0.1) is 0 Å². The van der Waals surface area contributed by atoms with Crippen molar-refractivity contribution >= 4 is 34.3 Å². The molecule has 4 heterocycles. The Bertz CT molecular complexity index is 1560. The number of aromatic amines is 1. The molecular formula is C28H24F3N5O4. The minimum atomic E-state index is -4.62. The summed E-state index contributed by atoms with van der Waals surface area (Å²) in [7, 11) is 0. The van der Waals surface area contributed by atoms with Gasteiger partial charge in [0.15, 0.2) is 0 Å². The van der Waals surface area contributed by atoms with Gasteiger partial charge in [0.05, 0.1) is 29.9 Å². The largest absolute Gasteiger partial charge is 0.457 e. The maximum Gasteiger partial charge on any atom is 0.416 e. The van der Waals surface area contributed by atoms with Crippen molar-refractivity contribution in [3.8, 4) is 11.5 Å². The van der Waals surface area contributed by atoms with E-state index >= 15 is 0 Å². The first-order chi connectivity index (χ1) is 19.3. The van der Waals surface area contributed by atoms with Crippen molar-refractivity contribution < 1.29 is 32.2 Å². The standard InChI is InChI=1S/C28H24F3N5O4/c29-28(30,31)23-15-20(2-1-18(23)16-34-11-13-39-14-12-34)35-17-25(37)36(27(35)38)19-3-5-21(6-4-19)40-24-8-10-33-26-22(24)7-9-32-26/h1-10,15H,11-14,16-17H2,(H,32,33). The van der Waals surface area contributed by atoms with Crippen molar-refractivity contribution in [2.24, 2.45) is 0 Å². The lowest BCUT2D eigenvalue weighted by Gasteiger charge is -2.28. The number of aromatic nitrogens is 2. The lowest BCUT2D eigenvalue weighted by molar-refractivity contribution is -0.138. The van der Waals surface area contributed by atoms with Crippen molar-refractivity contribution in [2.75, 3.05) is 42.6 Å². The van der Waals surface area contributed by atoms with Crippen molar-refractivity contribution in [3.05, 3.63) is 78.1 Å². The number of nitrogens with zero attached hydrogens (tertiary/aromatic N) is 4. The Balaban J connectivity index is 1.21. The van der Waals surface area contributed by atoms with Crippen molar-refractivity contribution in [3.63, 3.8) is 0 Å². The van der Waals surface area contributed by atoms with E-state index in [4.69, 9.17) is 9.47 Å². The van der Waals surface area contributed by atoms with Gasteiger partial charge in [-0.1, -0.05) is 6.07 Å². The maximum atomic E-state index is 14.0. The Labute approximate surface area is 226 Å². The van der Waals surface area contributed by atoms with Gasteiger partial charge >= 0.3 is 12.2 Å². The molecule has 0 atom stereocenters. The first-order valence-electron chi connectivity index (χ1n) is 12.6. The molecule has 0 spiro atoms. The molecule has 0 saturated carbocycles. The number of halogens is 3. The lowest BCUT2D eigenvalue weighted by Crippen LogP contribution is -2.36. The fraction of sp³-hybridized carbons (Fsp3) is 0.250. The number of alkyl halides is 3. The number of rotatable bonds is 6. The third-order valence-electron chi connectivity index (χ3n) is 6.92. The Morgan fingerprint density at radius 1 is 0.975 bits per heavy atom. The van der Waals surface area contributed by atoms with E-state index in [-0.39, 0.29) is 30.0 Å². The normalized spacial score (nSPS) is 16.8. The van der Waals surface area contributed by atoms with Crippen molar-refractivity contribution in [1.29, 1.82) is 0 Å². The molecule has 0 radical (unpaired) electrons. The number of hydrogen-bond acceptors (Lipinski definition) is 6. The number of pyridine rings is 1. The first kappa shape index (κ1) is 25.8. The summed E-state index contributed by atoms with van der Waals surface area (Å²) in [5.41, 5.74) is 0.239. The molecule has 0 aliphatic carbocycles. The van der Waals surface area contributed by atoms with Gasteiger partial charge in [-0.3, -0.25) is 14.6 Å². The minimum Gasteiger partial charge on any atom is -0.457 e. The van der Waals surface area contributed by atoms with Gasteiger partial charge in [0.1, 0.15) is 23.7 Å². The molecule has 0 unspecified atom stereocenters. The van der Waals surface area contributed by atoms with E-state index in [0.717, 1.165) is 21.3 Å². The number of hydrogen-bond donors (Lipinski definition) is 1. The molecule has 9 nitrogen and oxygen atoms in total. The molecule has 1 N–H and O–H groups in total.